The summed E-state index contributed by atoms with van der Waals surface area (Å²) in [6.45, 7) is 1.39. The van der Waals surface area contributed by atoms with Crippen molar-refractivity contribution >= 4 is 5.97 Å². The first-order valence-corrected chi connectivity index (χ1v) is 4.24. The van der Waals surface area contributed by atoms with Crippen molar-refractivity contribution in [2.45, 2.75) is 12.5 Å². The molecule has 14 heavy (non-hydrogen) atoms. The molecular weight excluding hydrogens is 184 g/mol. The second-order valence-electron chi connectivity index (χ2n) is 3.36. The van der Waals surface area contributed by atoms with Crippen LogP contribution in [0.3, 0.4) is 0 Å². The van der Waals surface area contributed by atoms with E-state index in [9.17, 15) is 9.90 Å². The van der Waals surface area contributed by atoms with Gasteiger partial charge in [0.05, 0.1) is 5.97 Å². The Hall–Kier alpha value is -1.71. The maximum atomic E-state index is 10.8. The van der Waals surface area contributed by atoms with E-state index in [1.54, 1.807) is 24.3 Å². The van der Waals surface area contributed by atoms with E-state index in [0.717, 1.165) is 0 Å². The number of carboxylic acid groups (broad SMARTS) is 1. The zero-order valence-electron chi connectivity index (χ0n) is 7.65. The van der Waals surface area contributed by atoms with E-state index >= 15 is 0 Å². The van der Waals surface area contributed by atoms with Crippen LogP contribution in [-0.2, 0) is 4.79 Å². The van der Waals surface area contributed by atoms with Gasteiger partial charge in [-0.15, -0.1) is 0 Å². The van der Waals surface area contributed by atoms with Gasteiger partial charge in [0.1, 0.15) is 6.61 Å². The number of carbonyl (C=O) groups is 1. The summed E-state index contributed by atoms with van der Waals surface area (Å²) in [5, 5.41) is 10.8. The smallest absolute Gasteiger partial charge is 0.179 e. The van der Waals surface area contributed by atoms with Crippen LogP contribution in [0.4, 0.5) is 0 Å². The van der Waals surface area contributed by atoms with E-state index in [4.69, 9.17) is 9.47 Å². The largest absolute Gasteiger partial charge is 0.546 e. The van der Waals surface area contributed by atoms with Crippen LogP contribution in [0.2, 0.25) is 0 Å². The number of carboxylic acids is 1. The molecule has 0 aliphatic carbocycles. The van der Waals surface area contributed by atoms with E-state index in [0.29, 0.717) is 11.5 Å². The minimum Gasteiger partial charge on any atom is -0.546 e. The Labute approximate surface area is 81.1 Å². The molecule has 0 saturated carbocycles. The standard InChI is InChI=1S/C10H10O4/c1-10(9(11)12)6-13-7-4-2-3-5-8(7)14-10/h2-5H,6H2,1H3,(H,11,12)/p-1. The maximum Gasteiger partial charge on any atom is 0.179 e. The van der Waals surface area contributed by atoms with Crippen LogP contribution in [0, 0.1) is 0 Å². The lowest BCUT2D eigenvalue weighted by molar-refractivity contribution is -0.323. The Kier molecular flexibility index (Phi) is 1.84. The van der Waals surface area contributed by atoms with Gasteiger partial charge < -0.3 is 19.4 Å². The van der Waals surface area contributed by atoms with E-state index in [1.807, 2.05) is 0 Å². The third-order valence-corrected chi connectivity index (χ3v) is 2.12. The molecule has 1 heterocycles. The molecule has 0 aromatic heterocycles. The average Bonchev–Trinajstić information content (AvgIpc) is 2.17. The van der Waals surface area contributed by atoms with Crippen molar-refractivity contribution in [3.8, 4) is 11.5 Å². The first-order valence-electron chi connectivity index (χ1n) is 4.24. The monoisotopic (exact) mass is 193 g/mol. The summed E-state index contributed by atoms with van der Waals surface area (Å²) in [4.78, 5) is 10.8. The molecule has 0 fully saturated rings. The van der Waals surface area contributed by atoms with E-state index < -0.39 is 11.6 Å². The highest BCUT2D eigenvalue weighted by molar-refractivity contribution is 5.76. The molecule has 1 aliphatic heterocycles. The molecular formula is C10H9O4-. The topological polar surface area (TPSA) is 58.6 Å². The van der Waals surface area contributed by atoms with Crippen LogP contribution < -0.4 is 14.6 Å². The van der Waals surface area contributed by atoms with Gasteiger partial charge in [0.25, 0.3) is 0 Å². The zero-order valence-corrected chi connectivity index (χ0v) is 7.65. The minimum atomic E-state index is -1.39. The third kappa shape index (κ3) is 1.28. The number of benzene rings is 1. The van der Waals surface area contributed by atoms with Crippen LogP contribution in [0.15, 0.2) is 24.3 Å². The zero-order chi connectivity index (χ0) is 10.2. The number of hydrogen-bond acceptors (Lipinski definition) is 4. The molecule has 0 bridgehead atoms. The summed E-state index contributed by atoms with van der Waals surface area (Å²) in [6.07, 6.45) is 0. The van der Waals surface area contributed by atoms with E-state index in [-0.39, 0.29) is 6.61 Å². The van der Waals surface area contributed by atoms with E-state index in [1.165, 1.54) is 6.92 Å². The minimum absolute atomic E-state index is 0.0354. The number of carbonyl (C=O) groups excluding carboxylic acids is 1. The van der Waals surface area contributed by atoms with Crippen LogP contribution in [0.5, 0.6) is 11.5 Å². The van der Waals surface area contributed by atoms with Crippen molar-refractivity contribution in [1.29, 1.82) is 0 Å². The van der Waals surface area contributed by atoms with Gasteiger partial charge in [-0.05, 0) is 19.1 Å². The molecule has 0 spiro atoms. The van der Waals surface area contributed by atoms with Gasteiger partial charge in [-0.25, -0.2) is 0 Å². The van der Waals surface area contributed by atoms with Gasteiger partial charge in [-0.3, -0.25) is 0 Å². The van der Waals surface area contributed by atoms with Gasteiger partial charge in [-0.2, -0.15) is 0 Å². The fourth-order valence-corrected chi connectivity index (χ4v) is 1.24. The Bertz CT molecular complexity index is 374. The highest BCUT2D eigenvalue weighted by Gasteiger charge is 2.34. The third-order valence-electron chi connectivity index (χ3n) is 2.12. The molecule has 0 N–H and O–H groups in total. The van der Waals surface area contributed by atoms with Gasteiger partial charge >= 0.3 is 0 Å². The summed E-state index contributed by atoms with van der Waals surface area (Å²) in [7, 11) is 0. The molecule has 2 rings (SSSR count). The maximum absolute atomic E-state index is 10.8. The summed E-state index contributed by atoms with van der Waals surface area (Å²) in [5.74, 6) is -0.274. The number of fused-ring (bicyclic) bond motifs is 1. The van der Waals surface area contributed by atoms with Crippen LogP contribution in [-0.4, -0.2) is 18.2 Å². The van der Waals surface area contributed by atoms with Crippen molar-refractivity contribution < 1.29 is 19.4 Å². The Morgan fingerprint density at radius 2 is 2.07 bits per heavy atom. The lowest BCUT2D eigenvalue weighted by Gasteiger charge is -2.35. The number of hydrogen-bond donors (Lipinski definition) is 0. The predicted octanol–water partition coefficient (Wildman–Crippen LogP) is -0.0336. The fourth-order valence-electron chi connectivity index (χ4n) is 1.24. The van der Waals surface area contributed by atoms with Crippen molar-refractivity contribution in [2.75, 3.05) is 6.61 Å². The molecule has 0 radical (unpaired) electrons. The number of para-hydroxylation sites is 2. The number of rotatable bonds is 1. The molecule has 4 heteroatoms. The first-order chi connectivity index (χ1) is 6.62. The molecule has 1 aromatic carbocycles. The second-order valence-corrected chi connectivity index (χ2v) is 3.36. The fraction of sp³-hybridized carbons (Fsp3) is 0.300. The lowest BCUT2D eigenvalue weighted by Crippen LogP contribution is -2.55. The number of aliphatic carboxylic acids is 1. The van der Waals surface area contributed by atoms with Gasteiger partial charge in [0, 0.05) is 0 Å². The molecule has 0 saturated heterocycles. The van der Waals surface area contributed by atoms with Crippen LogP contribution >= 0.6 is 0 Å². The Balaban J connectivity index is 2.34. The summed E-state index contributed by atoms with van der Waals surface area (Å²) in [6, 6.07) is 6.94. The normalized spacial score (nSPS) is 24.4. The molecule has 1 aliphatic rings. The van der Waals surface area contributed by atoms with Crippen LogP contribution in [0.25, 0.3) is 0 Å². The highest BCUT2D eigenvalue weighted by atomic mass is 16.6. The van der Waals surface area contributed by atoms with Crippen molar-refractivity contribution in [3.63, 3.8) is 0 Å². The van der Waals surface area contributed by atoms with Gasteiger partial charge in [0.15, 0.2) is 17.1 Å². The molecule has 1 atom stereocenters. The molecule has 74 valence electrons. The molecule has 0 amide bonds. The molecule has 4 nitrogen and oxygen atoms in total. The van der Waals surface area contributed by atoms with Gasteiger partial charge in [0.2, 0.25) is 0 Å². The highest BCUT2D eigenvalue weighted by Crippen LogP contribution is 2.34. The summed E-state index contributed by atoms with van der Waals surface area (Å²) < 4.78 is 10.5. The SMILES string of the molecule is CC1(C(=O)[O-])COc2ccccc2O1. The number of ether oxygens (including phenoxy) is 2. The lowest BCUT2D eigenvalue weighted by atomic mass is 10.1. The summed E-state index contributed by atoms with van der Waals surface area (Å²) in [5.41, 5.74) is -1.39. The Morgan fingerprint density at radius 3 is 2.71 bits per heavy atom. The molecule has 1 unspecified atom stereocenters. The van der Waals surface area contributed by atoms with E-state index in [2.05, 4.69) is 0 Å². The quantitative estimate of drug-likeness (QED) is 0.628. The van der Waals surface area contributed by atoms with Crippen molar-refractivity contribution in [1.82, 2.24) is 0 Å². The predicted molar refractivity (Wildman–Crippen MR) is 46.0 cm³/mol. The van der Waals surface area contributed by atoms with Gasteiger partial charge in [-0.1, -0.05) is 12.1 Å². The van der Waals surface area contributed by atoms with Crippen LogP contribution in [0.1, 0.15) is 6.92 Å². The van der Waals surface area contributed by atoms with Crippen molar-refractivity contribution in [2.24, 2.45) is 0 Å². The first kappa shape index (κ1) is 8.87. The Morgan fingerprint density at radius 1 is 1.43 bits per heavy atom. The summed E-state index contributed by atoms with van der Waals surface area (Å²) >= 11 is 0. The van der Waals surface area contributed by atoms with Crippen molar-refractivity contribution in [3.05, 3.63) is 24.3 Å². The molecule has 1 aromatic rings. The average molecular weight is 193 g/mol. The second kappa shape index (κ2) is 2.90.